The van der Waals surface area contributed by atoms with Crippen LogP contribution in [0.15, 0.2) is 37.0 Å². The van der Waals surface area contributed by atoms with E-state index < -0.39 is 0 Å². The number of anilines is 1. The zero-order chi connectivity index (χ0) is 18.3. The number of rotatable bonds is 7. The van der Waals surface area contributed by atoms with Crippen molar-refractivity contribution in [3.63, 3.8) is 0 Å². The van der Waals surface area contributed by atoms with Gasteiger partial charge < -0.3 is 10.2 Å². The Kier molecular flexibility index (Phi) is 15.9. The number of carbonyl (C=O) groups excluding carboxylic acids is 1. The van der Waals surface area contributed by atoms with Crippen LogP contribution >= 0.6 is 11.6 Å². The van der Waals surface area contributed by atoms with Gasteiger partial charge >= 0.3 is 0 Å². The van der Waals surface area contributed by atoms with Crippen molar-refractivity contribution < 1.29 is 4.79 Å². The molecule has 1 aromatic rings. The van der Waals surface area contributed by atoms with Gasteiger partial charge in [0.05, 0.1) is 6.54 Å². The van der Waals surface area contributed by atoms with Crippen LogP contribution in [0.5, 0.6) is 0 Å². The molecule has 0 aliphatic heterocycles. The van der Waals surface area contributed by atoms with E-state index in [-0.39, 0.29) is 5.91 Å². The van der Waals surface area contributed by atoms with Gasteiger partial charge in [0.1, 0.15) is 0 Å². The fourth-order valence-electron chi connectivity index (χ4n) is 1.48. The molecule has 1 amide bonds. The van der Waals surface area contributed by atoms with Crippen LogP contribution < -0.4 is 5.32 Å². The van der Waals surface area contributed by atoms with E-state index in [9.17, 15) is 4.79 Å². The summed E-state index contributed by atoms with van der Waals surface area (Å²) in [5.74, 6) is -0.0360. The number of hydrogen-bond acceptors (Lipinski definition) is 3. The first-order valence-electron chi connectivity index (χ1n) is 8.08. The average molecular weight is 342 g/mol. The molecule has 0 saturated heterocycles. The fourth-order valence-corrected chi connectivity index (χ4v) is 1.60. The minimum Gasteiger partial charge on any atom is -0.380 e. The number of nitrogens with one attached hydrogen (secondary N) is 1. The van der Waals surface area contributed by atoms with Crippen molar-refractivity contribution >= 4 is 23.2 Å². The first kappa shape index (κ1) is 23.7. The summed E-state index contributed by atoms with van der Waals surface area (Å²) in [6, 6.07) is 7.07. The standard InChI is InChI=1S/C14H20ClN3O.2C2H6/c1-4-17(2)9-10-18(3)11-14(19)16-13-7-5-12(15)6-8-13;2*1-2/h4-8H,1,9-11H2,2-3H3,(H,16,19);2*1-2H3. The SMILES string of the molecule is C=CN(C)CCN(C)CC(=O)Nc1ccc(Cl)cc1.CC.CC. The molecule has 0 unspecified atom stereocenters. The zero-order valence-corrected chi connectivity index (χ0v) is 16.2. The number of hydrogen-bond donors (Lipinski definition) is 1. The molecule has 1 aromatic carbocycles. The monoisotopic (exact) mass is 341 g/mol. The lowest BCUT2D eigenvalue weighted by Crippen LogP contribution is -2.34. The lowest BCUT2D eigenvalue weighted by molar-refractivity contribution is -0.117. The van der Waals surface area contributed by atoms with Crippen LogP contribution in [0, 0.1) is 0 Å². The highest BCUT2D eigenvalue weighted by Gasteiger charge is 2.07. The molecule has 0 heterocycles. The van der Waals surface area contributed by atoms with Crippen molar-refractivity contribution in [2.45, 2.75) is 27.7 Å². The normalized spacial score (nSPS) is 9.04. The Morgan fingerprint density at radius 2 is 1.65 bits per heavy atom. The Morgan fingerprint density at radius 3 is 2.13 bits per heavy atom. The number of halogens is 1. The van der Waals surface area contributed by atoms with E-state index in [1.54, 1.807) is 30.5 Å². The maximum Gasteiger partial charge on any atom is 0.238 e. The fraction of sp³-hybridized carbons (Fsp3) is 0.500. The minimum absolute atomic E-state index is 0.0360. The summed E-state index contributed by atoms with van der Waals surface area (Å²) < 4.78 is 0. The quantitative estimate of drug-likeness (QED) is 0.801. The summed E-state index contributed by atoms with van der Waals surface area (Å²) in [7, 11) is 3.87. The van der Waals surface area contributed by atoms with Gasteiger partial charge in [-0.25, -0.2) is 0 Å². The Bertz CT molecular complexity index is 421. The highest BCUT2D eigenvalue weighted by Crippen LogP contribution is 2.13. The second kappa shape index (κ2) is 15.4. The van der Waals surface area contributed by atoms with Gasteiger partial charge in [0, 0.05) is 30.8 Å². The third-order valence-corrected chi connectivity index (χ3v) is 2.94. The molecular formula is C18H32ClN3O. The second-order valence-corrected chi connectivity index (χ2v) is 4.89. The topological polar surface area (TPSA) is 35.6 Å². The smallest absolute Gasteiger partial charge is 0.238 e. The van der Waals surface area contributed by atoms with E-state index in [1.165, 1.54) is 0 Å². The van der Waals surface area contributed by atoms with Crippen molar-refractivity contribution in [3.8, 4) is 0 Å². The molecule has 4 nitrogen and oxygen atoms in total. The molecule has 0 aromatic heterocycles. The highest BCUT2D eigenvalue weighted by molar-refractivity contribution is 6.30. The molecule has 0 saturated carbocycles. The molecule has 132 valence electrons. The molecule has 5 heteroatoms. The predicted molar refractivity (Wildman–Crippen MR) is 103 cm³/mol. The molecule has 0 radical (unpaired) electrons. The largest absolute Gasteiger partial charge is 0.380 e. The third-order valence-electron chi connectivity index (χ3n) is 2.69. The molecule has 0 aliphatic carbocycles. The van der Waals surface area contributed by atoms with Gasteiger partial charge in [-0.3, -0.25) is 9.69 Å². The van der Waals surface area contributed by atoms with E-state index in [1.807, 2.05) is 51.6 Å². The van der Waals surface area contributed by atoms with Crippen molar-refractivity contribution in [2.75, 3.05) is 39.0 Å². The van der Waals surface area contributed by atoms with Gasteiger partial charge in [0.2, 0.25) is 5.91 Å². The van der Waals surface area contributed by atoms with E-state index >= 15 is 0 Å². The van der Waals surface area contributed by atoms with Gasteiger partial charge in [0.25, 0.3) is 0 Å². The van der Waals surface area contributed by atoms with Gasteiger partial charge in [-0.1, -0.05) is 45.9 Å². The van der Waals surface area contributed by atoms with Crippen LogP contribution in [0.3, 0.4) is 0 Å². The average Bonchev–Trinajstić information content (AvgIpc) is 2.58. The molecule has 23 heavy (non-hydrogen) atoms. The maximum absolute atomic E-state index is 11.8. The minimum atomic E-state index is -0.0360. The predicted octanol–water partition coefficient (Wildman–Crippen LogP) is 4.34. The summed E-state index contributed by atoms with van der Waals surface area (Å²) >= 11 is 5.78. The molecule has 1 N–H and O–H groups in total. The van der Waals surface area contributed by atoms with E-state index in [0.29, 0.717) is 11.6 Å². The molecule has 1 rings (SSSR count). The third kappa shape index (κ3) is 12.7. The molecule has 0 spiro atoms. The van der Waals surface area contributed by atoms with Gasteiger partial charge in [-0.2, -0.15) is 0 Å². The lowest BCUT2D eigenvalue weighted by atomic mass is 10.3. The summed E-state index contributed by atoms with van der Waals surface area (Å²) in [5.41, 5.74) is 0.756. The van der Waals surface area contributed by atoms with E-state index in [0.717, 1.165) is 18.8 Å². The van der Waals surface area contributed by atoms with Crippen molar-refractivity contribution in [1.82, 2.24) is 9.80 Å². The Labute approximate surface area is 147 Å². The number of amides is 1. The van der Waals surface area contributed by atoms with Crippen molar-refractivity contribution in [2.24, 2.45) is 0 Å². The van der Waals surface area contributed by atoms with Crippen LogP contribution in [0.4, 0.5) is 5.69 Å². The summed E-state index contributed by atoms with van der Waals surface area (Å²) in [6.45, 7) is 13.7. The number of carbonyl (C=O) groups is 1. The first-order valence-corrected chi connectivity index (χ1v) is 8.46. The molecule has 0 bridgehead atoms. The molecule has 0 fully saturated rings. The maximum atomic E-state index is 11.8. The second-order valence-electron chi connectivity index (χ2n) is 4.46. The Hall–Kier alpha value is -1.52. The molecule has 0 aliphatic rings. The van der Waals surface area contributed by atoms with Crippen LogP contribution in [0.25, 0.3) is 0 Å². The zero-order valence-electron chi connectivity index (χ0n) is 15.4. The Balaban J connectivity index is 0. The highest BCUT2D eigenvalue weighted by atomic mass is 35.5. The van der Waals surface area contributed by atoms with Gasteiger partial charge in [-0.15, -0.1) is 0 Å². The van der Waals surface area contributed by atoms with Crippen LogP contribution in [-0.4, -0.2) is 49.4 Å². The van der Waals surface area contributed by atoms with Crippen LogP contribution in [0.1, 0.15) is 27.7 Å². The summed E-state index contributed by atoms with van der Waals surface area (Å²) in [4.78, 5) is 15.7. The molecular weight excluding hydrogens is 310 g/mol. The van der Waals surface area contributed by atoms with E-state index in [2.05, 4.69) is 11.9 Å². The van der Waals surface area contributed by atoms with Crippen molar-refractivity contribution in [1.29, 1.82) is 0 Å². The molecule has 0 atom stereocenters. The van der Waals surface area contributed by atoms with Crippen molar-refractivity contribution in [3.05, 3.63) is 42.1 Å². The van der Waals surface area contributed by atoms with E-state index in [4.69, 9.17) is 11.6 Å². The number of nitrogens with zero attached hydrogens (tertiary/aromatic N) is 2. The number of benzene rings is 1. The van der Waals surface area contributed by atoms with Gasteiger partial charge in [0.15, 0.2) is 0 Å². The van der Waals surface area contributed by atoms with Gasteiger partial charge in [-0.05, 0) is 37.5 Å². The first-order chi connectivity index (χ1) is 11.0. The van der Waals surface area contributed by atoms with Crippen LogP contribution in [0.2, 0.25) is 5.02 Å². The van der Waals surface area contributed by atoms with Crippen LogP contribution in [-0.2, 0) is 4.79 Å². The number of likely N-dealkylation sites (N-methyl/N-ethyl adjacent to an activating group) is 2. The lowest BCUT2D eigenvalue weighted by Gasteiger charge is -2.20. The summed E-state index contributed by atoms with van der Waals surface area (Å²) in [6.07, 6.45) is 1.77. The Morgan fingerprint density at radius 1 is 1.13 bits per heavy atom. The summed E-state index contributed by atoms with van der Waals surface area (Å²) in [5, 5.41) is 3.48.